The van der Waals surface area contributed by atoms with Crippen LogP contribution < -0.4 is 10.6 Å². The van der Waals surface area contributed by atoms with E-state index in [2.05, 4.69) is 31.7 Å². The molecule has 0 bridgehead atoms. The smallest absolute Gasteiger partial charge is 0.270 e. The monoisotopic (exact) mass is 385 g/mol. The Balaban J connectivity index is 1.41. The largest absolute Gasteiger partial charge is 0.361 e. The van der Waals surface area contributed by atoms with Gasteiger partial charge in [-0.2, -0.15) is 0 Å². The molecule has 4 rings (SSSR count). The molecule has 0 radical (unpaired) electrons. The van der Waals surface area contributed by atoms with Crippen LogP contribution in [0.5, 0.6) is 0 Å². The molecule has 1 amide bonds. The zero-order valence-corrected chi connectivity index (χ0v) is 16.5. The molecule has 0 aliphatic carbocycles. The number of nitrogens with zero attached hydrogens (tertiary/aromatic N) is 2. The van der Waals surface area contributed by atoms with E-state index >= 15 is 0 Å². The Kier molecular flexibility index (Phi) is 5.24. The zero-order chi connectivity index (χ0) is 20.2. The molecule has 6 nitrogen and oxygen atoms in total. The normalized spacial score (nSPS) is 10.8. The van der Waals surface area contributed by atoms with Crippen molar-refractivity contribution < 1.29 is 4.79 Å². The first-order chi connectivity index (χ1) is 14.1. The van der Waals surface area contributed by atoms with Crippen LogP contribution in [-0.4, -0.2) is 27.4 Å². The highest BCUT2D eigenvalue weighted by Gasteiger charge is 2.11. The molecule has 0 atom stereocenters. The average Bonchev–Trinajstić information content (AvgIpc) is 3.14. The fourth-order valence-corrected chi connectivity index (χ4v) is 3.43. The minimum atomic E-state index is -0.211. The van der Waals surface area contributed by atoms with Crippen LogP contribution in [0.1, 0.15) is 27.2 Å². The number of hydrogen-bond acceptors (Lipinski definition) is 4. The van der Waals surface area contributed by atoms with E-state index in [0.717, 1.165) is 28.8 Å². The third kappa shape index (κ3) is 4.11. The van der Waals surface area contributed by atoms with E-state index in [1.807, 2.05) is 56.4 Å². The first-order valence-corrected chi connectivity index (χ1v) is 9.60. The first kappa shape index (κ1) is 18.7. The summed E-state index contributed by atoms with van der Waals surface area (Å²) in [5.41, 5.74) is 5.86. The molecule has 29 heavy (non-hydrogen) atoms. The summed E-state index contributed by atoms with van der Waals surface area (Å²) in [6.07, 6.45) is 4.15. The van der Waals surface area contributed by atoms with Crippen molar-refractivity contribution in [2.75, 3.05) is 11.9 Å². The molecule has 0 aliphatic heterocycles. The van der Waals surface area contributed by atoms with Crippen LogP contribution in [0.15, 0.2) is 61.1 Å². The van der Waals surface area contributed by atoms with E-state index in [-0.39, 0.29) is 5.91 Å². The number of rotatable bonds is 6. The lowest BCUT2D eigenvalue weighted by atomic mass is 10.1. The van der Waals surface area contributed by atoms with E-state index in [4.69, 9.17) is 0 Å². The van der Waals surface area contributed by atoms with E-state index in [9.17, 15) is 4.79 Å². The number of hydrogen-bond donors (Lipinski definition) is 3. The van der Waals surface area contributed by atoms with Crippen LogP contribution in [0, 0.1) is 13.8 Å². The molecule has 6 heteroatoms. The highest BCUT2D eigenvalue weighted by Crippen LogP contribution is 2.23. The van der Waals surface area contributed by atoms with E-state index in [1.165, 1.54) is 17.3 Å². The fraction of sp³-hybridized carbons (Fsp3) is 0.174. The Morgan fingerprint density at radius 3 is 2.66 bits per heavy atom. The Morgan fingerprint density at radius 1 is 1.03 bits per heavy atom. The van der Waals surface area contributed by atoms with Crippen molar-refractivity contribution in [3.63, 3.8) is 0 Å². The topological polar surface area (TPSA) is 82.7 Å². The predicted molar refractivity (Wildman–Crippen MR) is 116 cm³/mol. The van der Waals surface area contributed by atoms with Gasteiger partial charge < -0.3 is 15.6 Å². The molecule has 0 unspecified atom stereocenters. The van der Waals surface area contributed by atoms with Crippen LogP contribution in [0.25, 0.3) is 10.9 Å². The van der Waals surface area contributed by atoms with Gasteiger partial charge in [0.2, 0.25) is 0 Å². The minimum absolute atomic E-state index is 0.211. The molecule has 2 aromatic heterocycles. The Labute approximate surface area is 169 Å². The number of H-pyrrole nitrogens is 1. The summed E-state index contributed by atoms with van der Waals surface area (Å²) in [5, 5.41) is 7.43. The molecular weight excluding hydrogens is 362 g/mol. The number of carbonyl (C=O) groups is 1. The van der Waals surface area contributed by atoms with Gasteiger partial charge in [0.25, 0.3) is 5.91 Å². The van der Waals surface area contributed by atoms with Gasteiger partial charge in [0.15, 0.2) is 0 Å². The number of amides is 1. The maximum absolute atomic E-state index is 12.5. The zero-order valence-electron chi connectivity index (χ0n) is 16.5. The number of aryl methyl sites for hydroxylation is 2. The molecule has 4 aromatic rings. The SMILES string of the molecule is Cc1cccc(C)c1Nc1cc(C(=O)NCCc2c[nH]c3ccccc23)ncn1. The molecule has 2 aromatic carbocycles. The van der Waals surface area contributed by atoms with Gasteiger partial charge in [-0.05, 0) is 43.0 Å². The maximum Gasteiger partial charge on any atom is 0.270 e. The number of para-hydroxylation sites is 2. The van der Waals surface area contributed by atoms with E-state index < -0.39 is 0 Å². The molecular formula is C23H23N5O. The fourth-order valence-electron chi connectivity index (χ4n) is 3.43. The van der Waals surface area contributed by atoms with Gasteiger partial charge in [0, 0.05) is 35.4 Å². The van der Waals surface area contributed by atoms with Crippen molar-refractivity contribution in [2.24, 2.45) is 0 Å². The number of anilines is 2. The number of fused-ring (bicyclic) bond motifs is 1. The molecule has 0 saturated heterocycles. The average molecular weight is 385 g/mol. The van der Waals surface area contributed by atoms with Crippen LogP contribution in [0.4, 0.5) is 11.5 Å². The molecule has 0 saturated carbocycles. The molecule has 0 spiro atoms. The van der Waals surface area contributed by atoms with Gasteiger partial charge in [0.1, 0.15) is 17.8 Å². The second-order valence-corrected chi connectivity index (χ2v) is 7.05. The lowest BCUT2D eigenvalue weighted by molar-refractivity contribution is 0.0949. The van der Waals surface area contributed by atoms with Crippen molar-refractivity contribution in [3.05, 3.63) is 83.4 Å². The molecule has 2 heterocycles. The second-order valence-electron chi connectivity index (χ2n) is 7.05. The molecule has 146 valence electrons. The summed E-state index contributed by atoms with van der Waals surface area (Å²) in [4.78, 5) is 24.2. The summed E-state index contributed by atoms with van der Waals surface area (Å²) in [5.74, 6) is 0.385. The van der Waals surface area contributed by atoms with Crippen molar-refractivity contribution >= 4 is 28.3 Å². The minimum Gasteiger partial charge on any atom is -0.361 e. The van der Waals surface area contributed by atoms with Crippen molar-refractivity contribution in [2.45, 2.75) is 20.3 Å². The third-order valence-electron chi connectivity index (χ3n) is 4.99. The maximum atomic E-state index is 12.5. The van der Waals surface area contributed by atoms with Gasteiger partial charge in [-0.3, -0.25) is 4.79 Å². The number of aromatic nitrogens is 3. The molecule has 0 fully saturated rings. The van der Waals surface area contributed by atoms with Gasteiger partial charge in [-0.15, -0.1) is 0 Å². The van der Waals surface area contributed by atoms with Crippen molar-refractivity contribution in [3.8, 4) is 0 Å². The molecule has 0 aliphatic rings. The summed E-state index contributed by atoms with van der Waals surface area (Å²) < 4.78 is 0. The lowest BCUT2D eigenvalue weighted by Crippen LogP contribution is -2.26. The highest BCUT2D eigenvalue weighted by molar-refractivity contribution is 5.93. The summed E-state index contributed by atoms with van der Waals surface area (Å²) >= 11 is 0. The van der Waals surface area contributed by atoms with Crippen LogP contribution in [0.2, 0.25) is 0 Å². The predicted octanol–water partition coefficient (Wildman–Crippen LogP) is 4.29. The van der Waals surface area contributed by atoms with Gasteiger partial charge >= 0.3 is 0 Å². The Bertz CT molecular complexity index is 1140. The standard InChI is InChI=1S/C23H23N5O/c1-15-6-5-7-16(2)22(15)28-21-12-20(26-14-27-21)23(29)24-11-10-17-13-25-19-9-4-3-8-18(17)19/h3-9,12-14,25H,10-11H2,1-2H3,(H,24,29)(H,26,27,28). The van der Waals surface area contributed by atoms with Gasteiger partial charge in [0.05, 0.1) is 0 Å². The summed E-state index contributed by atoms with van der Waals surface area (Å²) in [6.45, 7) is 4.61. The number of carbonyl (C=O) groups excluding carboxylic acids is 1. The lowest BCUT2D eigenvalue weighted by Gasteiger charge is -2.12. The van der Waals surface area contributed by atoms with Crippen LogP contribution in [0.3, 0.4) is 0 Å². The first-order valence-electron chi connectivity index (χ1n) is 9.60. The second kappa shape index (κ2) is 8.14. The van der Waals surface area contributed by atoms with Crippen molar-refractivity contribution in [1.29, 1.82) is 0 Å². The highest BCUT2D eigenvalue weighted by atomic mass is 16.1. The summed E-state index contributed by atoms with van der Waals surface area (Å²) in [7, 11) is 0. The number of benzene rings is 2. The molecule has 3 N–H and O–H groups in total. The van der Waals surface area contributed by atoms with Crippen LogP contribution in [-0.2, 0) is 6.42 Å². The summed E-state index contributed by atoms with van der Waals surface area (Å²) in [6, 6.07) is 15.9. The third-order valence-corrected chi connectivity index (χ3v) is 4.99. The quantitative estimate of drug-likeness (QED) is 0.462. The number of aromatic amines is 1. The van der Waals surface area contributed by atoms with E-state index in [0.29, 0.717) is 18.1 Å². The number of nitrogens with one attached hydrogen (secondary N) is 3. The Morgan fingerprint density at radius 2 is 1.83 bits per heavy atom. The van der Waals surface area contributed by atoms with Gasteiger partial charge in [-0.1, -0.05) is 36.4 Å². The van der Waals surface area contributed by atoms with E-state index in [1.54, 1.807) is 6.07 Å². The van der Waals surface area contributed by atoms with Crippen LogP contribution >= 0.6 is 0 Å². The van der Waals surface area contributed by atoms with Crippen molar-refractivity contribution in [1.82, 2.24) is 20.3 Å². The Hall–Kier alpha value is -3.67. The van der Waals surface area contributed by atoms with Gasteiger partial charge in [-0.25, -0.2) is 9.97 Å².